The molecule has 2 atom stereocenters. The van der Waals surface area contributed by atoms with Crippen LogP contribution in [-0.2, 0) is 24.1 Å². The van der Waals surface area contributed by atoms with Crippen LogP contribution in [0.1, 0.15) is 59.0 Å². The van der Waals surface area contributed by atoms with Gasteiger partial charge < -0.3 is 29.3 Å². The number of methoxy groups -OCH3 is 2. The number of rotatable bonds is 8. The van der Waals surface area contributed by atoms with Crippen LogP contribution in [0.15, 0.2) is 30.3 Å². The van der Waals surface area contributed by atoms with E-state index < -0.39 is 6.09 Å². The van der Waals surface area contributed by atoms with Gasteiger partial charge in [-0.3, -0.25) is 4.79 Å². The van der Waals surface area contributed by atoms with Crippen LogP contribution in [0.5, 0.6) is 11.5 Å². The summed E-state index contributed by atoms with van der Waals surface area (Å²) in [5.41, 5.74) is 6.28. The number of likely N-dealkylation sites (N-methyl/N-ethyl adjacent to an activating group) is 1. The first-order valence-corrected chi connectivity index (χ1v) is 13.7. The van der Waals surface area contributed by atoms with Crippen LogP contribution < -0.4 is 9.47 Å². The highest BCUT2D eigenvalue weighted by molar-refractivity contribution is 5.76. The Bertz CT molecular complexity index is 1160. The predicted molar refractivity (Wildman–Crippen MR) is 145 cm³/mol. The number of nitrogens with zero attached hydrogens (tertiary/aromatic N) is 3. The summed E-state index contributed by atoms with van der Waals surface area (Å²) in [5.74, 6) is 2.15. The van der Waals surface area contributed by atoms with Gasteiger partial charge in [-0.25, -0.2) is 4.79 Å². The minimum atomic E-state index is -0.825. The van der Waals surface area contributed by atoms with E-state index in [-0.39, 0.29) is 11.9 Å². The molecule has 0 spiro atoms. The Hall–Kier alpha value is -3.26. The van der Waals surface area contributed by atoms with Gasteiger partial charge in [0.2, 0.25) is 5.91 Å². The molecular formula is C30H39N3O5. The van der Waals surface area contributed by atoms with Gasteiger partial charge in [0.1, 0.15) is 0 Å². The molecule has 1 saturated heterocycles. The zero-order chi connectivity index (χ0) is 26.8. The van der Waals surface area contributed by atoms with E-state index in [4.69, 9.17) is 9.47 Å². The van der Waals surface area contributed by atoms with E-state index in [1.165, 1.54) is 22.3 Å². The van der Waals surface area contributed by atoms with Gasteiger partial charge in [-0.15, -0.1) is 0 Å². The van der Waals surface area contributed by atoms with Crippen molar-refractivity contribution < 1.29 is 24.2 Å². The van der Waals surface area contributed by atoms with Crippen LogP contribution in [0.2, 0.25) is 0 Å². The Kier molecular flexibility index (Phi) is 7.79. The number of hydrogen-bond acceptors (Lipinski definition) is 5. The average Bonchev–Trinajstić information content (AvgIpc) is 3.31. The minimum absolute atomic E-state index is 0.0126. The van der Waals surface area contributed by atoms with Gasteiger partial charge in [0.05, 0.1) is 20.3 Å². The van der Waals surface area contributed by atoms with Crippen LogP contribution in [0.4, 0.5) is 4.79 Å². The second-order valence-corrected chi connectivity index (χ2v) is 10.9. The number of carbonyl (C=O) groups excluding carboxylic acids is 1. The molecule has 2 aromatic carbocycles. The second kappa shape index (κ2) is 11.2. The maximum Gasteiger partial charge on any atom is 0.407 e. The standard InChI is InChI=1S/C30H39N3O5/c1-31(19-24-16-23-15-22(6-7-25(23)24)26-5-4-11-33(26)30(35)36)12-10-29(34)32-13-8-20-17-27(37-2)28(38-3)18-21(20)9-14-32/h6-7,15,17-18,24,26H,4-5,8-14,16,19H2,1-3H3,(H,35,36). The van der Waals surface area contributed by atoms with Crippen molar-refractivity contribution in [1.29, 1.82) is 0 Å². The Labute approximate surface area is 225 Å². The summed E-state index contributed by atoms with van der Waals surface area (Å²) in [4.78, 5) is 30.4. The Morgan fingerprint density at radius 2 is 1.68 bits per heavy atom. The number of carbonyl (C=O) groups is 2. The lowest BCUT2D eigenvalue weighted by Gasteiger charge is -2.35. The summed E-state index contributed by atoms with van der Waals surface area (Å²) in [6.45, 7) is 3.74. The normalized spacial score (nSPS) is 20.4. The van der Waals surface area contributed by atoms with Crippen LogP contribution in [-0.4, -0.2) is 85.8 Å². The molecule has 0 aromatic heterocycles. The fourth-order valence-corrected chi connectivity index (χ4v) is 6.37. The summed E-state index contributed by atoms with van der Waals surface area (Å²) in [6.07, 6.45) is 4.18. The number of ether oxygens (including phenoxy) is 2. The Morgan fingerprint density at radius 3 is 2.29 bits per heavy atom. The maximum absolute atomic E-state index is 13.1. The van der Waals surface area contributed by atoms with Crippen molar-refractivity contribution in [3.05, 3.63) is 58.1 Å². The molecule has 1 N–H and O–H groups in total. The molecule has 0 saturated carbocycles. The fraction of sp³-hybridized carbons (Fsp3) is 0.533. The monoisotopic (exact) mass is 521 g/mol. The van der Waals surface area contributed by atoms with Gasteiger partial charge in [-0.05, 0) is 79.1 Å². The van der Waals surface area contributed by atoms with E-state index >= 15 is 0 Å². The zero-order valence-electron chi connectivity index (χ0n) is 22.7. The molecule has 2 aromatic rings. The van der Waals surface area contributed by atoms with Crippen molar-refractivity contribution in [2.45, 2.75) is 50.5 Å². The third-order valence-electron chi connectivity index (χ3n) is 8.56. The summed E-state index contributed by atoms with van der Waals surface area (Å²) in [6, 6.07) is 10.6. The molecule has 2 aliphatic heterocycles. The van der Waals surface area contributed by atoms with E-state index in [0.717, 1.165) is 75.3 Å². The third kappa shape index (κ3) is 5.32. The average molecular weight is 522 g/mol. The van der Waals surface area contributed by atoms with Crippen molar-refractivity contribution in [3.8, 4) is 11.5 Å². The molecule has 0 radical (unpaired) electrons. The lowest BCUT2D eigenvalue weighted by atomic mass is 9.76. The van der Waals surface area contributed by atoms with Crippen LogP contribution in [0.25, 0.3) is 0 Å². The molecule has 2 heterocycles. The minimum Gasteiger partial charge on any atom is -0.493 e. The largest absolute Gasteiger partial charge is 0.493 e. The lowest BCUT2D eigenvalue weighted by Crippen LogP contribution is -2.37. The van der Waals surface area contributed by atoms with Gasteiger partial charge in [-0.1, -0.05) is 18.2 Å². The van der Waals surface area contributed by atoms with Crippen molar-refractivity contribution in [2.75, 3.05) is 54.0 Å². The fourth-order valence-electron chi connectivity index (χ4n) is 6.37. The topological polar surface area (TPSA) is 82.6 Å². The first-order chi connectivity index (χ1) is 18.4. The molecule has 0 bridgehead atoms. The van der Waals surface area contributed by atoms with Gasteiger partial charge in [-0.2, -0.15) is 0 Å². The quantitative estimate of drug-likeness (QED) is 0.563. The smallest absolute Gasteiger partial charge is 0.407 e. The SMILES string of the molecule is COc1cc2c(cc1OC)CCN(C(=O)CCN(C)CC1Cc3cc(C4CCCN4C(=O)O)ccc31)CC2. The highest BCUT2D eigenvalue weighted by Crippen LogP contribution is 2.40. The maximum atomic E-state index is 13.1. The molecule has 8 heteroatoms. The molecule has 5 rings (SSSR count). The lowest BCUT2D eigenvalue weighted by molar-refractivity contribution is -0.131. The molecule has 38 heavy (non-hydrogen) atoms. The molecule has 3 aliphatic rings. The first kappa shape index (κ1) is 26.4. The van der Waals surface area contributed by atoms with E-state index in [2.05, 4.69) is 30.1 Å². The van der Waals surface area contributed by atoms with Crippen LogP contribution >= 0.6 is 0 Å². The van der Waals surface area contributed by atoms with E-state index in [1.807, 2.05) is 17.0 Å². The predicted octanol–water partition coefficient (Wildman–Crippen LogP) is 4.11. The van der Waals surface area contributed by atoms with Crippen molar-refractivity contribution in [2.24, 2.45) is 0 Å². The molecule has 1 aliphatic carbocycles. The first-order valence-electron chi connectivity index (χ1n) is 13.7. The number of hydrogen-bond donors (Lipinski definition) is 1. The second-order valence-electron chi connectivity index (χ2n) is 10.9. The number of fused-ring (bicyclic) bond motifs is 2. The van der Waals surface area contributed by atoms with Gasteiger partial charge in [0.25, 0.3) is 0 Å². The molecule has 8 nitrogen and oxygen atoms in total. The molecule has 204 valence electrons. The summed E-state index contributed by atoms with van der Waals surface area (Å²) < 4.78 is 10.9. The molecule has 2 amide bonds. The molecule has 2 unspecified atom stereocenters. The summed E-state index contributed by atoms with van der Waals surface area (Å²) in [5, 5.41) is 9.47. The molecule has 1 fully saturated rings. The Balaban J connectivity index is 1.10. The van der Waals surface area contributed by atoms with Crippen molar-refractivity contribution in [1.82, 2.24) is 14.7 Å². The summed E-state index contributed by atoms with van der Waals surface area (Å²) in [7, 11) is 5.40. The van der Waals surface area contributed by atoms with Crippen molar-refractivity contribution >= 4 is 12.0 Å². The highest BCUT2D eigenvalue weighted by atomic mass is 16.5. The third-order valence-corrected chi connectivity index (χ3v) is 8.56. The van der Waals surface area contributed by atoms with E-state index in [0.29, 0.717) is 18.9 Å². The number of amides is 2. The van der Waals surface area contributed by atoms with E-state index in [9.17, 15) is 14.7 Å². The highest BCUT2D eigenvalue weighted by Gasteiger charge is 2.33. The molecular weight excluding hydrogens is 482 g/mol. The van der Waals surface area contributed by atoms with Crippen LogP contribution in [0.3, 0.4) is 0 Å². The number of likely N-dealkylation sites (tertiary alicyclic amines) is 1. The van der Waals surface area contributed by atoms with Crippen molar-refractivity contribution in [3.63, 3.8) is 0 Å². The van der Waals surface area contributed by atoms with Gasteiger partial charge in [0, 0.05) is 45.1 Å². The van der Waals surface area contributed by atoms with Gasteiger partial charge >= 0.3 is 6.09 Å². The van der Waals surface area contributed by atoms with E-state index in [1.54, 1.807) is 19.1 Å². The van der Waals surface area contributed by atoms with Crippen LogP contribution in [0, 0.1) is 0 Å². The zero-order valence-corrected chi connectivity index (χ0v) is 22.7. The summed E-state index contributed by atoms with van der Waals surface area (Å²) >= 11 is 0. The Morgan fingerprint density at radius 1 is 1.00 bits per heavy atom. The number of carboxylic acid groups (broad SMARTS) is 1. The number of benzene rings is 2. The van der Waals surface area contributed by atoms with Gasteiger partial charge in [0.15, 0.2) is 11.5 Å².